The van der Waals surface area contributed by atoms with Crippen molar-refractivity contribution in [3.05, 3.63) is 210 Å². The van der Waals surface area contributed by atoms with Gasteiger partial charge in [-0.05, 0) is 127 Å². The highest BCUT2D eigenvalue weighted by molar-refractivity contribution is 7.00. The van der Waals surface area contributed by atoms with Crippen LogP contribution in [0.5, 0.6) is 0 Å². The Labute approximate surface area is 372 Å². The number of hydrogen-bond acceptors (Lipinski definition) is 3. The molecule has 6 heteroatoms. The first kappa shape index (κ1) is 39.9. The van der Waals surface area contributed by atoms with Gasteiger partial charge in [-0.15, -0.1) is 0 Å². The molecule has 0 atom stereocenters. The SMILES string of the molecule is [C-]#[N+]c1ccccc1N(c1ccccc1)c1ccc2c3c(c4ccccc4c2c1)-c1cc2ccc(N(c4ccccc4)c4ccccc4C#N)cc2cc1C3([Si](C)(C)C)[Si](C)(C)C. The van der Waals surface area contributed by atoms with Gasteiger partial charge in [0.25, 0.3) is 0 Å². The predicted octanol–water partition coefficient (Wildman–Crippen LogP) is 16.5. The zero-order valence-electron chi connectivity index (χ0n) is 36.6. The summed E-state index contributed by atoms with van der Waals surface area (Å²) in [6, 6.07) is 67.0. The van der Waals surface area contributed by atoms with Crippen LogP contribution in [0.3, 0.4) is 0 Å². The van der Waals surface area contributed by atoms with Crippen LogP contribution < -0.4 is 9.80 Å². The molecule has 304 valence electrons. The van der Waals surface area contributed by atoms with Crippen LogP contribution in [-0.2, 0) is 4.66 Å². The minimum atomic E-state index is -2.14. The molecule has 0 aliphatic heterocycles. The first-order valence-corrected chi connectivity index (χ1v) is 28.7. The van der Waals surface area contributed by atoms with Gasteiger partial charge < -0.3 is 9.80 Å². The van der Waals surface area contributed by atoms with Crippen LogP contribution in [0.2, 0.25) is 39.3 Å². The normalized spacial score (nSPS) is 13.0. The van der Waals surface area contributed by atoms with Crippen LogP contribution >= 0.6 is 0 Å². The van der Waals surface area contributed by atoms with Crippen molar-refractivity contribution in [3.63, 3.8) is 0 Å². The van der Waals surface area contributed by atoms with E-state index in [-0.39, 0.29) is 4.66 Å². The summed E-state index contributed by atoms with van der Waals surface area (Å²) < 4.78 is -0.152. The minimum absolute atomic E-state index is 0.152. The van der Waals surface area contributed by atoms with E-state index in [4.69, 9.17) is 6.57 Å². The van der Waals surface area contributed by atoms with Crippen molar-refractivity contribution in [1.82, 2.24) is 0 Å². The van der Waals surface area contributed by atoms with Crippen molar-refractivity contribution < 1.29 is 0 Å². The molecular weight excluding hydrogens is 797 g/mol. The van der Waals surface area contributed by atoms with Crippen LogP contribution in [0.1, 0.15) is 16.7 Å². The quantitative estimate of drug-likeness (QED) is 0.0868. The maximum atomic E-state index is 10.3. The molecule has 0 spiro atoms. The third-order valence-electron chi connectivity index (χ3n) is 13.3. The highest BCUT2D eigenvalue weighted by Crippen LogP contribution is 2.62. The average Bonchev–Trinajstić information content (AvgIpc) is 3.62. The van der Waals surface area contributed by atoms with Gasteiger partial charge >= 0.3 is 0 Å². The summed E-state index contributed by atoms with van der Waals surface area (Å²) in [4.78, 5) is 8.44. The Hall–Kier alpha value is -7.23. The van der Waals surface area contributed by atoms with E-state index >= 15 is 0 Å². The van der Waals surface area contributed by atoms with Gasteiger partial charge in [-0.3, -0.25) is 0 Å². The summed E-state index contributed by atoms with van der Waals surface area (Å²) in [5, 5.41) is 17.7. The lowest BCUT2D eigenvalue weighted by Gasteiger charge is -2.51. The third kappa shape index (κ3) is 6.13. The van der Waals surface area contributed by atoms with Gasteiger partial charge in [-0.2, -0.15) is 5.26 Å². The second-order valence-corrected chi connectivity index (χ2v) is 29.8. The minimum Gasteiger partial charge on any atom is -0.320 e. The second kappa shape index (κ2) is 15.0. The van der Waals surface area contributed by atoms with Crippen LogP contribution in [-0.4, -0.2) is 16.1 Å². The molecule has 1 aliphatic rings. The summed E-state index contributed by atoms with van der Waals surface area (Å²) >= 11 is 0. The molecule has 0 amide bonds. The van der Waals surface area contributed by atoms with Crippen LogP contribution in [0, 0.1) is 17.9 Å². The Bertz CT molecular complexity index is 3340. The van der Waals surface area contributed by atoms with E-state index in [0.717, 1.165) is 34.1 Å². The lowest BCUT2D eigenvalue weighted by molar-refractivity contribution is 0.965. The summed E-state index contributed by atoms with van der Waals surface area (Å²) in [7, 11) is -4.28. The molecule has 10 rings (SSSR count). The van der Waals surface area contributed by atoms with E-state index in [1.807, 2.05) is 54.6 Å². The molecule has 1 aliphatic carbocycles. The van der Waals surface area contributed by atoms with Crippen molar-refractivity contribution in [2.75, 3.05) is 9.80 Å². The van der Waals surface area contributed by atoms with Crippen LogP contribution in [0.15, 0.2) is 182 Å². The van der Waals surface area contributed by atoms with Crippen molar-refractivity contribution in [1.29, 1.82) is 5.26 Å². The van der Waals surface area contributed by atoms with Gasteiger partial charge in [-0.1, -0.05) is 148 Å². The summed E-state index contributed by atoms with van der Waals surface area (Å²) in [6.45, 7) is 23.7. The zero-order chi connectivity index (χ0) is 43.7. The van der Waals surface area contributed by atoms with Crippen molar-refractivity contribution in [2.24, 2.45) is 0 Å². The first-order valence-electron chi connectivity index (χ1n) is 21.7. The number of rotatable bonds is 8. The van der Waals surface area contributed by atoms with E-state index in [9.17, 15) is 5.26 Å². The van der Waals surface area contributed by atoms with Crippen molar-refractivity contribution in [2.45, 2.75) is 43.9 Å². The largest absolute Gasteiger partial charge is 0.320 e. The molecule has 0 heterocycles. The molecule has 0 aromatic heterocycles. The molecule has 0 fully saturated rings. The van der Waals surface area contributed by atoms with Crippen LogP contribution in [0.25, 0.3) is 48.3 Å². The molecule has 9 aromatic carbocycles. The Kier molecular flexibility index (Phi) is 9.49. The van der Waals surface area contributed by atoms with Gasteiger partial charge in [0.1, 0.15) is 6.07 Å². The smallest absolute Gasteiger partial charge is 0.210 e. The maximum Gasteiger partial charge on any atom is 0.210 e. The lowest BCUT2D eigenvalue weighted by atomic mass is 9.90. The molecule has 0 saturated heterocycles. The van der Waals surface area contributed by atoms with Gasteiger partial charge in [0.15, 0.2) is 0 Å². The Morgan fingerprint density at radius 2 is 1.05 bits per heavy atom. The van der Waals surface area contributed by atoms with Crippen molar-refractivity contribution >= 4 is 88.3 Å². The maximum absolute atomic E-state index is 10.3. The predicted molar refractivity (Wildman–Crippen MR) is 272 cm³/mol. The van der Waals surface area contributed by atoms with E-state index in [1.54, 1.807) is 0 Å². The monoisotopic (exact) mass is 844 g/mol. The zero-order valence-corrected chi connectivity index (χ0v) is 38.6. The van der Waals surface area contributed by atoms with E-state index in [0.29, 0.717) is 11.3 Å². The summed E-state index contributed by atoms with van der Waals surface area (Å²) in [5.41, 5.74) is 12.7. The molecule has 9 aromatic rings. The Balaban J connectivity index is 1.27. The topological polar surface area (TPSA) is 34.6 Å². The number of nitrogens with zero attached hydrogens (tertiary/aromatic N) is 4. The fraction of sp³-hybridized carbons (Fsp3) is 0.123. The van der Waals surface area contributed by atoms with E-state index < -0.39 is 16.1 Å². The first-order chi connectivity index (χ1) is 30.5. The Morgan fingerprint density at radius 1 is 0.492 bits per heavy atom. The molecule has 0 bridgehead atoms. The summed E-state index contributed by atoms with van der Waals surface area (Å²) in [5.74, 6) is 0. The second-order valence-electron chi connectivity index (χ2n) is 18.8. The number of para-hydroxylation sites is 5. The van der Waals surface area contributed by atoms with Crippen LogP contribution in [0.4, 0.5) is 39.8 Å². The third-order valence-corrected chi connectivity index (χ3v) is 23.4. The number of anilines is 6. The number of nitriles is 1. The highest BCUT2D eigenvalue weighted by atomic mass is 28.4. The van der Waals surface area contributed by atoms with E-state index in [1.165, 1.54) is 54.6 Å². The number of benzene rings is 9. The highest BCUT2D eigenvalue weighted by Gasteiger charge is 2.60. The molecule has 0 unspecified atom stereocenters. The fourth-order valence-corrected chi connectivity index (χ4v) is 24.3. The van der Waals surface area contributed by atoms with Crippen molar-refractivity contribution in [3.8, 4) is 17.2 Å². The summed E-state index contributed by atoms with van der Waals surface area (Å²) in [6.07, 6.45) is 0. The molecule has 0 N–H and O–H groups in total. The van der Waals surface area contributed by atoms with Gasteiger partial charge in [-0.25, -0.2) is 4.85 Å². The van der Waals surface area contributed by atoms with Gasteiger partial charge in [0.05, 0.1) is 39.7 Å². The molecular formula is C57H48N4Si2. The molecule has 4 nitrogen and oxygen atoms in total. The van der Waals surface area contributed by atoms with Gasteiger partial charge in [0, 0.05) is 27.4 Å². The van der Waals surface area contributed by atoms with E-state index in [2.05, 4.69) is 187 Å². The molecule has 63 heavy (non-hydrogen) atoms. The fourth-order valence-electron chi connectivity index (χ4n) is 11.3. The Morgan fingerprint density at radius 3 is 1.70 bits per heavy atom. The van der Waals surface area contributed by atoms with Gasteiger partial charge in [0.2, 0.25) is 5.69 Å². The standard InChI is InChI=1S/C57H48N4Si2/c1-59-52-27-17-19-29-54(52)61(43-23-12-9-13-24-43)45-32-33-48-49(37-45)46-25-15-16-26-47(46)55-50-35-39-30-31-44(60(42-21-10-8-11-22-42)53-28-18-14-20-40(53)38-58)34-41(39)36-51(50)57(56(48)55,62(2,3)4)63(5,6)7/h8-37H,2-7H3. The average molecular weight is 845 g/mol. The lowest BCUT2D eigenvalue weighted by Crippen LogP contribution is -2.63. The number of hydrogen-bond donors (Lipinski definition) is 0. The molecule has 0 radical (unpaired) electrons. The molecule has 0 saturated carbocycles. The number of fused-ring (bicyclic) bond motifs is 9.